The number of benzene rings is 1. The number of hydrogen-bond acceptors (Lipinski definition) is 8. The van der Waals surface area contributed by atoms with Crippen LogP contribution in [0.15, 0.2) is 29.2 Å². The molecule has 0 fully saturated rings. The van der Waals surface area contributed by atoms with Crippen molar-refractivity contribution in [2.75, 3.05) is 30.0 Å². The van der Waals surface area contributed by atoms with Crippen molar-refractivity contribution < 1.29 is 38.5 Å². The van der Waals surface area contributed by atoms with Crippen LogP contribution < -0.4 is 5.32 Å². The average Bonchev–Trinajstić information content (AvgIpc) is 2.41. The lowest BCUT2D eigenvalue weighted by Crippen LogP contribution is -2.19. The van der Waals surface area contributed by atoms with Gasteiger partial charge in [-0.1, -0.05) is 0 Å². The van der Waals surface area contributed by atoms with Gasteiger partial charge in [0.25, 0.3) is 10.1 Å². The highest BCUT2D eigenvalue weighted by atomic mass is 32.3. The minimum atomic E-state index is -4.66. The quantitative estimate of drug-likeness (QED) is 0.357. The molecule has 0 radical (unpaired) electrons. The first kappa shape index (κ1) is 20.8. The fourth-order valence-electron chi connectivity index (χ4n) is 1.64. The standard InChI is InChI=1S/C11H17NO9S3/c13-22(14,9-7-21-24(18,19)20)8-1-6-12-10-2-4-11(5-3-10)23(15,16)17/h2-5,12H,1,6-9H2,(H,15,16,17)(H,18,19,20). The van der Waals surface area contributed by atoms with E-state index in [-0.39, 0.29) is 23.6 Å². The molecule has 24 heavy (non-hydrogen) atoms. The highest BCUT2D eigenvalue weighted by Crippen LogP contribution is 2.13. The number of anilines is 1. The van der Waals surface area contributed by atoms with E-state index in [1.54, 1.807) is 0 Å². The third-order valence-corrected chi connectivity index (χ3v) is 5.77. The van der Waals surface area contributed by atoms with E-state index in [0.29, 0.717) is 5.69 Å². The zero-order valence-corrected chi connectivity index (χ0v) is 14.8. The van der Waals surface area contributed by atoms with Gasteiger partial charge in [0.2, 0.25) is 0 Å². The number of hydrogen-bond donors (Lipinski definition) is 3. The molecule has 13 heteroatoms. The van der Waals surface area contributed by atoms with Gasteiger partial charge in [-0.2, -0.15) is 16.8 Å². The summed E-state index contributed by atoms with van der Waals surface area (Å²) in [5, 5.41) is 2.87. The molecule has 0 amide bonds. The third-order valence-electron chi connectivity index (χ3n) is 2.74. The Morgan fingerprint density at radius 2 is 1.50 bits per heavy atom. The minimum absolute atomic E-state index is 0.217. The molecule has 0 aliphatic rings. The molecule has 0 bridgehead atoms. The van der Waals surface area contributed by atoms with Gasteiger partial charge < -0.3 is 5.32 Å². The first-order valence-corrected chi connectivity index (χ1v) is 11.2. The van der Waals surface area contributed by atoms with Gasteiger partial charge in [-0.3, -0.25) is 9.11 Å². The van der Waals surface area contributed by atoms with Crippen LogP contribution in [0.5, 0.6) is 0 Å². The van der Waals surface area contributed by atoms with E-state index in [1.165, 1.54) is 24.3 Å². The van der Waals surface area contributed by atoms with E-state index < -0.39 is 42.7 Å². The predicted octanol–water partition coefficient (Wildman–Crippen LogP) is -0.0305. The molecule has 10 nitrogen and oxygen atoms in total. The van der Waals surface area contributed by atoms with Crippen LogP contribution in [0.25, 0.3) is 0 Å². The van der Waals surface area contributed by atoms with E-state index in [4.69, 9.17) is 9.11 Å². The van der Waals surface area contributed by atoms with Crippen molar-refractivity contribution in [3.8, 4) is 0 Å². The Kier molecular flexibility index (Phi) is 7.12. The lowest BCUT2D eigenvalue weighted by molar-refractivity contribution is 0.284. The third kappa shape index (κ3) is 8.56. The highest BCUT2D eigenvalue weighted by molar-refractivity contribution is 7.91. The van der Waals surface area contributed by atoms with E-state index in [0.717, 1.165) is 0 Å². The van der Waals surface area contributed by atoms with Crippen LogP contribution in [0, 0.1) is 0 Å². The van der Waals surface area contributed by atoms with E-state index in [2.05, 4.69) is 9.50 Å². The second-order valence-electron chi connectivity index (χ2n) is 4.68. The molecular weight excluding hydrogens is 386 g/mol. The van der Waals surface area contributed by atoms with Gasteiger partial charge in [-0.25, -0.2) is 12.6 Å². The van der Waals surface area contributed by atoms with Crippen LogP contribution in [0.2, 0.25) is 0 Å². The van der Waals surface area contributed by atoms with Crippen LogP contribution in [0.1, 0.15) is 6.42 Å². The van der Waals surface area contributed by atoms with Crippen molar-refractivity contribution in [2.24, 2.45) is 0 Å². The average molecular weight is 403 g/mol. The lowest BCUT2D eigenvalue weighted by atomic mass is 10.3. The molecule has 1 aromatic rings. The smallest absolute Gasteiger partial charge is 0.385 e. The van der Waals surface area contributed by atoms with Crippen molar-refractivity contribution in [1.82, 2.24) is 0 Å². The number of sulfone groups is 1. The van der Waals surface area contributed by atoms with Crippen molar-refractivity contribution in [1.29, 1.82) is 0 Å². The maximum atomic E-state index is 11.6. The van der Waals surface area contributed by atoms with Gasteiger partial charge in [0, 0.05) is 12.2 Å². The van der Waals surface area contributed by atoms with Crippen molar-refractivity contribution >= 4 is 36.0 Å². The minimum Gasteiger partial charge on any atom is -0.385 e. The monoisotopic (exact) mass is 403 g/mol. The normalized spacial score (nSPS) is 12.9. The molecule has 0 saturated heterocycles. The first-order chi connectivity index (χ1) is 10.9. The van der Waals surface area contributed by atoms with Gasteiger partial charge in [0.15, 0.2) is 9.84 Å². The molecular formula is C11H17NO9S3. The summed E-state index contributed by atoms with van der Waals surface area (Å²) in [6, 6.07) is 5.22. The summed E-state index contributed by atoms with van der Waals surface area (Å²) in [5.74, 6) is -0.770. The SMILES string of the molecule is O=S(=O)(CCCNc1ccc(S(=O)(=O)O)cc1)CCOS(=O)(=O)O. The Balaban J connectivity index is 2.37. The topological polar surface area (TPSA) is 164 Å². The van der Waals surface area contributed by atoms with Crippen molar-refractivity contribution in [2.45, 2.75) is 11.3 Å². The fraction of sp³-hybridized carbons (Fsp3) is 0.455. The lowest BCUT2D eigenvalue weighted by Gasteiger charge is -2.07. The molecule has 138 valence electrons. The zero-order chi connectivity index (χ0) is 18.4. The second-order valence-corrected chi connectivity index (χ2v) is 9.50. The molecule has 0 atom stereocenters. The van der Waals surface area contributed by atoms with Crippen LogP contribution in [0.3, 0.4) is 0 Å². The second kappa shape index (κ2) is 8.22. The van der Waals surface area contributed by atoms with Crippen LogP contribution in [-0.2, 0) is 34.5 Å². The van der Waals surface area contributed by atoms with E-state index in [9.17, 15) is 25.3 Å². The molecule has 3 N–H and O–H groups in total. The summed E-state index contributed by atoms with van der Waals surface area (Å²) in [7, 11) is -12.5. The predicted molar refractivity (Wildman–Crippen MR) is 85.5 cm³/mol. The van der Waals surface area contributed by atoms with Crippen LogP contribution in [-0.4, -0.2) is 59.0 Å². The molecule has 0 heterocycles. The maximum Gasteiger partial charge on any atom is 0.397 e. The summed E-state index contributed by atoms with van der Waals surface area (Å²) in [4.78, 5) is -0.255. The summed E-state index contributed by atoms with van der Waals surface area (Å²) >= 11 is 0. The molecule has 0 aliphatic carbocycles. The Hall–Kier alpha value is -1.25. The molecule has 0 saturated carbocycles. The Bertz CT molecular complexity index is 843. The summed E-state index contributed by atoms with van der Waals surface area (Å²) in [6.45, 7) is -0.394. The zero-order valence-electron chi connectivity index (χ0n) is 12.3. The molecule has 0 unspecified atom stereocenters. The van der Waals surface area contributed by atoms with Crippen LogP contribution in [0.4, 0.5) is 5.69 Å². The van der Waals surface area contributed by atoms with Gasteiger partial charge in [-0.15, -0.1) is 0 Å². The number of nitrogens with one attached hydrogen (secondary N) is 1. The molecule has 1 rings (SSSR count). The summed E-state index contributed by atoms with van der Waals surface area (Å²) < 4.78 is 86.6. The summed E-state index contributed by atoms with van der Waals surface area (Å²) in [5.41, 5.74) is 0.537. The Labute approximate surface area is 140 Å². The Morgan fingerprint density at radius 1 is 0.917 bits per heavy atom. The van der Waals surface area contributed by atoms with E-state index >= 15 is 0 Å². The highest BCUT2D eigenvalue weighted by Gasteiger charge is 2.13. The van der Waals surface area contributed by atoms with Gasteiger partial charge in [0.05, 0.1) is 23.0 Å². The molecule has 0 spiro atoms. The van der Waals surface area contributed by atoms with Gasteiger partial charge in [0.1, 0.15) is 0 Å². The molecule has 1 aromatic carbocycles. The molecule has 0 aliphatic heterocycles. The largest absolute Gasteiger partial charge is 0.397 e. The Morgan fingerprint density at radius 3 is 2.00 bits per heavy atom. The molecule has 0 aromatic heterocycles. The van der Waals surface area contributed by atoms with Gasteiger partial charge >= 0.3 is 10.4 Å². The number of rotatable bonds is 10. The van der Waals surface area contributed by atoms with E-state index in [1.807, 2.05) is 0 Å². The first-order valence-electron chi connectivity index (χ1n) is 6.53. The maximum absolute atomic E-state index is 11.6. The summed E-state index contributed by atoms with van der Waals surface area (Å²) in [6.07, 6.45) is 0.217. The van der Waals surface area contributed by atoms with Crippen molar-refractivity contribution in [3.05, 3.63) is 24.3 Å². The van der Waals surface area contributed by atoms with Gasteiger partial charge in [-0.05, 0) is 30.7 Å². The fourth-order valence-corrected chi connectivity index (χ4v) is 3.64. The van der Waals surface area contributed by atoms with Crippen molar-refractivity contribution in [3.63, 3.8) is 0 Å². The van der Waals surface area contributed by atoms with Crippen LogP contribution >= 0.6 is 0 Å².